The lowest BCUT2D eigenvalue weighted by Gasteiger charge is -2.12. The van der Waals surface area contributed by atoms with Crippen molar-refractivity contribution < 1.29 is 13.7 Å². The Bertz CT molecular complexity index is 767. The smallest absolute Gasteiger partial charge is 0.204 e. The molecule has 0 bridgehead atoms. The molecule has 2 aromatic heterocycles. The molecule has 2 aromatic rings. The molecule has 1 atom stereocenters. The van der Waals surface area contributed by atoms with Gasteiger partial charge < -0.3 is 9.09 Å². The number of nitrogens with zero attached hydrogens (tertiary/aromatic N) is 2. The average Bonchev–Trinajstić information content (AvgIpc) is 2.47. The second-order valence-corrected chi connectivity index (χ2v) is 12.5. The summed E-state index contributed by atoms with van der Waals surface area (Å²) in [7, 11) is -4.71. The minimum absolute atomic E-state index is 0.378. The Kier molecular flexibility index (Phi) is 6.14. The van der Waals surface area contributed by atoms with E-state index < -0.39 is 14.5 Å². The molecule has 0 aromatic carbocycles. The molecule has 0 spiro atoms. The lowest BCUT2D eigenvalue weighted by atomic mass is 10.2. The first-order valence-corrected chi connectivity index (χ1v) is 12.9. The Hall–Kier alpha value is -1.28. The normalized spacial score (nSPS) is 14.3. The van der Waals surface area contributed by atoms with Crippen molar-refractivity contribution >= 4 is 14.5 Å². The summed E-state index contributed by atoms with van der Waals surface area (Å²) in [6.45, 7) is 7.47. The third kappa shape index (κ3) is 5.98. The summed E-state index contributed by atoms with van der Waals surface area (Å²) >= 11 is 0. The van der Waals surface area contributed by atoms with Crippen LogP contribution in [-0.4, -0.2) is 36.6 Å². The van der Waals surface area contributed by atoms with Gasteiger partial charge >= 0.3 is 0 Å². The van der Waals surface area contributed by atoms with Crippen molar-refractivity contribution in [3.8, 4) is 11.4 Å². The van der Waals surface area contributed by atoms with Gasteiger partial charge in [-0.3, -0.25) is 14.5 Å². The van der Waals surface area contributed by atoms with E-state index in [1.165, 1.54) is 0 Å². The zero-order chi connectivity index (χ0) is 17.8. The van der Waals surface area contributed by atoms with Gasteiger partial charge in [-0.2, -0.15) is 0 Å². The molecule has 0 saturated heterocycles. The lowest BCUT2D eigenvalue weighted by Crippen LogP contribution is -1.95. The van der Waals surface area contributed by atoms with Gasteiger partial charge in [0.05, 0.1) is 31.3 Å². The number of hydrogen-bond donors (Lipinski definition) is 0. The Morgan fingerprint density at radius 3 is 1.75 bits per heavy atom. The molecule has 2 rings (SSSR count). The summed E-state index contributed by atoms with van der Waals surface area (Å²) in [5.74, 6) is 0. The summed E-state index contributed by atoms with van der Waals surface area (Å²) in [4.78, 5) is 8.81. The maximum atomic E-state index is 12.2. The standard InChI is InChI=1S/C17H24N2O3P2/c1-5-22-24(4,21)13-15-7-9-17(19-11-15)16-8-6-14(10-18-16)12-23(2,3)20/h6-11H,5,12-13H2,1-4H3. The number of pyridine rings is 2. The van der Waals surface area contributed by atoms with E-state index >= 15 is 0 Å². The molecule has 0 radical (unpaired) electrons. The Labute approximate surface area is 143 Å². The van der Waals surface area contributed by atoms with Crippen LogP contribution in [0.4, 0.5) is 0 Å². The van der Waals surface area contributed by atoms with Gasteiger partial charge in [0.25, 0.3) is 0 Å². The fraction of sp³-hybridized carbons (Fsp3) is 0.412. The quantitative estimate of drug-likeness (QED) is 0.664. The maximum absolute atomic E-state index is 12.2. The molecule has 5 nitrogen and oxygen atoms in total. The van der Waals surface area contributed by atoms with E-state index in [9.17, 15) is 9.13 Å². The van der Waals surface area contributed by atoms with Gasteiger partial charge in [-0.1, -0.05) is 12.1 Å². The first kappa shape index (κ1) is 19.1. The van der Waals surface area contributed by atoms with Crippen molar-refractivity contribution in [2.24, 2.45) is 0 Å². The predicted molar refractivity (Wildman–Crippen MR) is 99.5 cm³/mol. The maximum Gasteiger partial charge on any atom is 0.204 e. The minimum atomic E-state index is -2.61. The summed E-state index contributed by atoms with van der Waals surface area (Å²) in [5.41, 5.74) is 3.36. The molecule has 0 fully saturated rings. The van der Waals surface area contributed by atoms with E-state index in [1.54, 1.807) is 32.4 Å². The van der Waals surface area contributed by atoms with Crippen LogP contribution < -0.4 is 0 Å². The second kappa shape index (κ2) is 7.74. The van der Waals surface area contributed by atoms with Crippen LogP contribution in [-0.2, 0) is 26.0 Å². The SMILES string of the molecule is CCOP(C)(=O)Cc1ccc(-c2ccc(CP(C)(C)=O)cn2)nc1. The van der Waals surface area contributed by atoms with Crippen LogP contribution in [0.5, 0.6) is 0 Å². The van der Waals surface area contributed by atoms with Crippen molar-refractivity contribution in [3.63, 3.8) is 0 Å². The highest BCUT2D eigenvalue weighted by atomic mass is 31.2. The molecule has 0 aliphatic heterocycles. The van der Waals surface area contributed by atoms with Crippen LogP contribution in [0.25, 0.3) is 11.4 Å². The molecule has 1 unspecified atom stereocenters. The summed E-state index contributed by atoms with van der Waals surface area (Å²) < 4.78 is 29.4. The fourth-order valence-electron chi connectivity index (χ4n) is 2.43. The van der Waals surface area contributed by atoms with Crippen molar-refractivity contribution in [3.05, 3.63) is 47.8 Å². The topological polar surface area (TPSA) is 69.2 Å². The van der Waals surface area contributed by atoms with E-state index in [0.29, 0.717) is 18.9 Å². The van der Waals surface area contributed by atoms with Gasteiger partial charge in [0, 0.05) is 25.2 Å². The van der Waals surface area contributed by atoms with E-state index in [0.717, 1.165) is 22.5 Å². The number of hydrogen-bond acceptors (Lipinski definition) is 5. The third-order valence-electron chi connectivity index (χ3n) is 3.35. The highest BCUT2D eigenvalue weighted by Gasteiger charge is 2.16. The Balaban J connectivity index is 2.10. The largest absolute Gasteiger partial charge is 0.329 e. The molecule has 130 valence electrons. The summed E-state index contributed by atoms with van der Waals surface area (Å²) in [6.07, 6.45) is 4.39. The summed E-state index contributed by atoms with van der Waals surface area (Å²) in [5, 5.41) is 0. The lowest BCUT2D eigenvalue weighted by molar-refractivity contribution is 0.336. The van der Waals surface area contributed by atoms with Gasteiger partial charge in [0.15, 0.2) is 0 Å². The molecule has 2 heterocycles. The zero-order valence-corrected chi connectivity index (χ0v) is 16.4. The fourth-order valence-corrected chi connectivity index (χ4v) is 4.98. The number of aromatic nitrogens is 2. The second-order valence-electron chi connectivity index (χ2n) is 6.43. The van der Waals surface area contributed by atoms with Crippen LogP contribution in [0, 0.1) is 0 Å². The average molecular weight is 366 g/mol. The van der Waals surface area contributed by atoms with Gasteiger partial charge in [-0.05, 0) is 43.5 Å². The molecule has 0 aliphatic rings. The molecular weight excluding hydrogens is 342 g/mol. The first-order valence-electron chi connectivity index (χ1n) is 7.84. The van der Waals surface area contributed by atoms with E-state index in [1.807, 2.05) is 31.2 Å². The molecule has 0 amide bonds. The minimum Gasteiger partial charge on any atom is -0.329 e. The highest BCUT2D eigenvalue weighted by molar-refractivity contribution is 7.61. The molecule has 0 aliphatic carbocycles. The van der Waals surface area contributed by atoms with Crippen LogP contribution in [0.15, 0.2) is 36.7 Å². The molecular formula is C17H24N2O3P2. The van der Waals surface area contributed by atoms with E-state index in [2.05, 4.69) is 9.97 Å². The van der Waals surface area contributed by atoms with E-state index in [-0.39, 0.29) is 0 Å². The van der Waals surface area contributed by atoms with Crippen LogP contribution in [0.3, 0.4) is 0 Å². The number of rotatable bonds is 7. The van der Waals surface area contributed by atoms with Crippen molar-refractivity contribution in [2.45, 2.75) is 19.2 Å². The van der Waals surface area contributed by atoms with Crippen molar-refractivity contribution in [2.75, 3.05) is 26.6 Å². The van der Waals surface area contributed by atoms with Gasteiger partial charge in [0.2, 0.25) is 7.37 Å². The monoisotopic (exact) mass is 366 g/mol. The summed E-state index contributed by atoms with van der Waals surface area (Å²) in [6, 6.07) is 7.60. The zero-order valence-electron chi connectivity index (χ0n) is 14.6. The predicted octanol–water partition coefficient (Wildman–Crippen LogP) is 4.71. The molecule has 0 N–H and O–H groups in total. The van der Waals surface area contributed by atoms with Crippen LogP contribution in [0.2, 0.25) is 0 Å². The molecule has 0 saturated carbocycles. The van der Waals surface area contributed by atoms with Gasteiger partial charge in [-0.25, -0.2) is 0 Å². The van der Waals surface area contributed by atoms with Gasteiger partial charge in [-0.15, -0.1) is 0 Å². The Morgan fingerprint density at radius 1 is 0.875 bits per heavy atom. The Morgan fingerprint density at radius 2 is 1.38 bits per heavy atom. The van der Waals surface area contributed by atoms with Crippen molar-refractivity contribution in [1.82, 2.24) is 9.97 Å². The first-order chi connectivity index (χ1) is 11.2. The van der Waals surface area contributed by atoms with Crippen LogP contribution in [0.1, 0.15) is 18.1 Å². The molecule has 7 heteroatoms. The highest BCUT2D eigenvalue weighted by Crippen LogP contribution is 2.46. The van der Waals surface area contributed by atoms with Crippen LogP contribution >= 0.6 is 14.5 Å². The van der Waals surface area contributed by atoms with Gasteiger partial charge in [0.1, 0.15) is 0 Å². The van der Waals surface area contributed by atoms with E-state index in [4.69, 9.17) is 4.52 Å². The molecule has 24 heavy (non-hydrogen) atoms. The third-order valence-corrected chi connectivity index (χ3v) is 6.22. The van der Waals surface area contributed by atoms with Crippen molar-refractivity contribution in [1.29, 1.82) is 0 Å².